The molecule has 3 aromatic rings. The van der Waals surface area contributed by atoms with Gasteiger partial charge >= 0.3 is 11.9 Å². The normalized spacial score (nSPS) is 13.0. The van der Waals surface area contributed by atoms with Crippen LogP contribution in [-0.4, -0.2) is 35.6 Å². The molecule has 0 heterocycles. The summed E-state index contributed by atoms with van der Waals surface area (Å²) < 4.78 is 5.50. The van der Waals surface area contributed by atoms with Crippen molar-refractivity contribution in [1.29, 1.82) is 0 Å². The number of carboxylic acid groups (broad SMARTS) is 1. The van der Waals surface area contributed by atoms with E-state index in [1.54, 1.807) is 12.1 Å². The Morgan fingerprint density at radius 3 is 2.00 bits per heavy atom. The lowest BCUT2D eigenvalue weighted by molar-refractivity contribution is -0.145. The topological polar surface area (TPSA) is 92.7 Å². The first-order valence-corrected chi connectivity index (χ1v) is 10.9. The van der Waals surface area contributed by atoms with E-state index in [9.17, 15) is 19.5 Å². The predicted octanol–water partition coefficient (Wildman–Crippen LogP) is 3.93. The van der Waals surface area contributed by atoms with Crippen LogP contribution in [-0.2, 0) is 25.5 Å². The van der Waals surface area contributed by atoms with Gasteiger partial charge in [-0.1, -0.05) is 78.9 Å². The first-order valence-electron chi connectivity index (χ1n) is 10.9. The van der Waals surface area contributed by atoms with E-state index in [1.165, 1.54) is 0 Å². The first-order chi connectivity index (χ1) is 16.0. The fraction of sp³-hybridized carbons (Fsp3) is 0.222. The van der Waals surface area contributed by atoms with Crippen molar-refractivity contribution in [1.82, 2.24) is 5.32 Å². The van der Waals surface area contributed by atoms with Crippen LogP contribution in [0.25, 0.3) is 11.1 Å². The van der Waals surface area contributed by atoms with E-state index in [0.29, 0.717) is 0 Å². The number of carbonyl (C=O) groups is 3. The van der Waals surface area contributed by atoms with E-state index >= 15 is 0 Å². The molecule has 6 nitrogen and oxygen atoms in total. The summed E-state index contributed by atoms with van der Waals surface area (Å²) in [5, 5.41) is 11.9. The second kappa shape index (κ2) is 10.1. The van der Waals surface area contributed by atoms with Crippen molar-refractivity contribution >= 4 is 17.8 Å². The van der Waals surface area contributed by atoms with Gasteiger partial charge in [-0.25, -0.2) is 4.79 Å². The summed E-state index contributed by atoms with van der Waals surface area (Å²) >= 11 is 0. The molecule has 33 heavy (non-hydrogen) atoms. The summed E-state index contributed by atoms with van der Waals surface area (Å²) in [7, 11) is 0. The minimum absolute atomic E-state index is 0.0440. The molecule has 3 aromatic carbocycles. The number of benzene rings is 3. The molecule has 0 unspecified atom stereocenters. The quantitative estimate of drug-likeness (QED) is 0.489. The third kappa shape index (κ3) is 5.29. The summed E-state index contributed by atoms with van der Waals surface area (Å²) in [5.41, 5.74) is 5.34. The number of aliphatic carboxylic acids is 1. The molecule has 0 bridgehead atoms. The van der Waals surface area contributed by atoms with Crippen LogP contribution in [0, 0.1) is 0 Å². The number of nitrogens with one attached hydrogen (secondary N) is 1. The van der Waals surface area contributed by atoms with Crippen LogP contribution in [0.2, 0.25) is 0 Å². The highest BCUT2D eigenvalue weighted by Crippen LogP contribution is 2.44. The lowest BCUT2D eigenvalue weighted by Crippen LogP contribution is -2.42. The molecule has 0 fully saturated rings. The van der Waals surface area contributed by atoms with Crippen LogP contribution < -0.4 is 5.32 Å². The molecular weight excluding hydrogens is 418 g/mol. The highest BCUT2D eigenvalue weighted by atomic mass is 16.5. The largest absolute Gasteiger partial charge is 0.480 e. The van der Waals surface area contributed by atoms with Crippen molar-refractivity contribution in [3.63, 3.8) is 0 Å². The number of esters is 1. The Hall–Kier alpha value is -3.93. The molecule has 1 aliphatic carbocycles. The van der Waals surface area contributed by atoms with Gasteiger partial charge in [0.25, 0.3) is 0 Å². The maximum atomic E-state index is 12.3. The molecule has 0 aromatic heterocycles. The Kier molecular flexibility index (Phi) is 6.83. The number of carboxylic acids is 1. The fourth-order valence-electron chi connectivity index (χ4n) is 4.22. The monoisotopic (exact) mass is 443 g/mol. The Morgan fingerprint density at radius 1 is 0.818 bits per heavy atom. The molecule has 6 heteroatoms. The van der Waals surface area contributed by atoms with Gasteiger partial charge in [0.15, 0.2) is 0 Å². The number of hydrogen-bond acceptors (Lipinski definition) is 4. The highest BCUT2D eigenvalue weighted by Gasteiger charge is 2.29. The van der Waals surface area contributed by atoms with Crippen molar-refractivity contribution < 1.29 is 24.2 Å². The second-order valence-corrected chi connectivity index (χ2v) is 8.06. The van der Waals surface area contributed by atoms with E-state index in [4.69, 9.17) is 4.74 Å². The molecule has 0 aliphatic heterocycles. The average Bonchev–Trinajstić information content (AvgIpc) is 3.15. The number of ether oxygens (including phenoxy) is 1. The molecule has 0 saturated carbocycles. The van der Waals surface area contributed by atoms with E-state index in [1.807, 2.05) is 54.6 Å². The van der Waals surface area contributed by atoms with Gasteiger partial charge in [0.05, 0.1) is 6.42 Å². The third-order valence-corrected chi connectivity index (χ3v) is 5.85. The molecule has 4 rings (SSSR count). The minimum Gasteiger partial charge on any atom is -0.480 e. The van der Waals surface area contributed by atoms with Crippen LogP contribution in [0.4, 0.5) is 0 Å². The zero-order chi connectivity index (χ0) is 23.2. The molecule has 1 amide bonds. The molecular formula is C27H25NO5. The van der Waals surface area contributed by atoms with Gasteiger partial charge in [0.1, 0.15) is 12.6 Å². The fourth-order valence-corrected chi connectivity index (χ4v) is 4.22. The van der Waals surface area contributed by atoms with Gasteiger partial charge < -0.3 is 15.2 Å². The number of fused-ring (bicyclic) bond motifs is 3. The first kappa shape index (κ1) is 22.3. The lowest BCUT2D eigenvalue weighted by Gasteiger charge is -2.15. The number of carbonyl (C=O) groups excluding carboxylic acids is 2. The Balaban J connectivity index is 1.29. The lowest BCUT2D eigenvalue weighted by atomic mass is 9.98. The maximum Gasteiger partial charge on any atom is 0.326 e. The summed E-state index contributed by atoms with van der Waals surface area (Å²) in [5.74, 6) is -2.14. The molecule has 0 saturated heterocycles. The van der Waals surface area contributed by atoms with Crippen LogP contribution in [0.15, 0.2) is 78.9 Å². The van der Waals surface area contributed by atoms with Gasteiger partial charge in [-0.3, -0.25) is 9.59 Å². The summed E-state index contributed by atoms with van der Waals surface area (Å²) in [6.45, 7) is 0.195. The SMILES string of the molecule is O=C(CCC(=O)OCC1c2ccccc2-c2ccccc21)N[C@@H](Cc1ccccc1)C(=O)O. The average molecular weight is 443 g/mol. The van der Waals surface area contributed by atoms with Crippen molar-refractivity contribution in [2.75, 3.05) is 6.61 Å². The van der Waals surface area contributed by atoms with E-state index in [2.05, 4.69) is 17.4 Å². The molecule has 0 spiro atoms. The number of hydrogen-bond donors (Lipinski definition) is 2. The second-order valence-electron chi connectivity index (χ2n) is 8.06. The van der Waals surface area contributed by atoms with Crippen molar-refractivity contribution in [3.05, 3.63) is 95.6 Å². The van der Waals surface area contributed by atoms with Crippen molar-refractivity contribution in [2.45, 2.75) is 31.2 Å². The van der Waals surface area contributed by atoms with Crippen LogP contribution >= 0.6 is 0 Å². The number of rotatable bonds is 9. The summed E-state index contributed by atoms with van der Waals surface area (Å²) in [6.07, 6.45) is -0.0678. The molecule has 168 valence electrons. The third-order valence-electron chi connectivity index (χ3n) is 5.85. The van der Waals surface area contributed by atoms with Crippen molar-refractivity contribution in [3.8, 4) is 11.1 Å². The molecule has 1 aliphatic rings. The Morgan fingerprint density at radius 2 is 1.39 bits per heavy atom. The maximum absolute atomic E-state index is 12.3. The predicted molar refractivity (Wildman–Crippen MR) is 124 cm³/mol. The van der Waals surface area contributed by atoms with Crippen LogP contribution in [0.5, 0.6) is 0 Å². The molecule has 0 radical (unpaired) electrons. The Bertz CT molecular complexity index is 1110. The van der Waals surface area contributed by atoms with E-state index in [-0.39, 0.29) is 31.8 Å². The summed E-state index contributed by atoms with van der Waals surface area (Å²) in [6, 6.07) is 24.2. The zero-order valence-electron chi connectivity index (χ0n) is 18.1. The highest BCUT2D eigenvalue weighted by molar-refractivity contribution is 5.86. The minimum atomic E-state index is -1.12. The van der Waals surface area contributed by atoms with E-state index < -0.39 is 23.9 Å². The van der Waals surface area contributed by atoms with Gasteiger partial charge in [-0.05, 0) is 27.8 Å². The van der Waals surface area contributed by atoms with Gasteiger partial charge in [0, 0.05) is 18.8 Å². The molecule has 2 N–H and O–H groups in total. The molecule has 1 atom stereocenters. The van der Waals surface area contributed by atoms with Gasteiger partial charge in [-0.15, -0.1) is 0 Å². The number of amides is 1. The van der Waals surface area contributed by atoms with Gasteiger partial charge in [0.2, 0.25) is 5.91 Å². The standard InChI is InChI=1S/C27H25NO5/c29-25(28-24(27(31)32)16-18-8-2-1-3-9-18)14-15-26(30)33-17-23-21-12-6-4-10-19(21)20-11-5-7-13-22(20)23/h1-13,23-24H,14-17H2,(H,28,29)(H,31,32)/t24-/m0/s1. The summed E-state index contributed by atoms with van der Waals surface area (Å²) in [4.78, 5) is 36.1. The smallest absolute Gasteiger partial charge is 0.326 e. The van der Waals surface area contributed by atoms with E-state index in [0.717, 1.165) is 27.8 Å². The Labute approximate surface area is 192 Å². The van der Waals surface area contributed by atoms with Gasteiger partial charge in [-0.2, -0.15) is 0 Å². The van der Waals surface area contributed by atoms with Crippen LogP contribution in [0.1, 0.15) is 35.4 Å². The zero-order valence-corrected chi connectivity index (χ0v) is 18.1. The van der Waals surface area contributed by atoms with Crippen LogP contribution in [0.3, 0.4) is 0 Å². The van der Waals surface area contributed by atoms with Crippen molar-refractivity contribution in [2.24, 2.45) is 0 Å².